The molecule has 3 heterocycles. The Morgan fingerprint density at radius 3 is 2.47 bits per heavy atom. The predicted molar refractivity (Wildman–Crippen MR) is 101 cm³/mol. The van der Waals surface area contributed by atoms with Crippen LogP contribution in [-0.4, -0.2) is 26.5 Å². The van der Waals surface area contributed by atoms with Crippen LogP contribution in [0.1, 0.15) is 49.2 Å². The molecule has 0 spiro atoms. The Labute approximate surface area is 170 Å². The molecule has 0 aliphatic carbocycles. The number of aromatic nitrogens is 3. The lowest BCUT2D eigenvalue weighted by Gasteiger charge is -2.36. The fourth-order valence-electron chi connectivity index (χ4n) is 3.42. The third kappa shape index (κ3) is 3.55. The van der Waals surface area contributed by atoms with Crippen LogP contribution < -0.4 is 4.74 Å². The Bertz CT molecular complexity index is 1090. The van der Waals surface area contributed by atoms with E-state index in [1.165, 1.54) is 6.07 Å². The Kier molecular flexibility index (Phi) is 4.83. The second-order valence-electron chi connectivity index (χ2n) is 7.16. The Balaban J connectivity index is 1.62. The van der Waals surface area contributed by atoms with E-state index < -0.39 is 17.5 Å². The largest absolute Gasteiger partial charge is 0.486 e. The normalized spacial score (nSPS) is 15.6. The van der Waals surface area contributed by atoms with Crippen LogP contribution in [0.3, 0.4) is 0 Å². The predicted octanol–water partition coefficient (Wildman–Crippen LogP) is 5.34. The van der Waals surface area contributed by atoms with E-state index in [4.69, 9.17) is 9.26 Å². The topological polar surface area (TPSA) is 78.1 Å². The molecule has 6 nitrogen and oxygen atoms in total. The van der Waals surface area contributed by atoms with Crippen LogP contribution in [-0.2, 0) is 6.18 Å². The summed E-state index contributed by atoms with van der Waals surface area (Å²) < 4.78 is 49.3. The number of ketones is 1. The lowest BCUT2D eigenvalue weighted by atomic mass is 9.85. The first kappa shape index (κ1) is 20.1. The van der Waals surface area contributed by atoms with Crippen molar-refractivity contribution in [3.05, 3.63) is 47.8 Å². The summed E-state index contributed by atoms with van der Waals surface area (Å²) in [5.74, 6) is 0.740. The highest BCUT2D eigenvalue weighted by atomic mass is 19.4. The van der Waals surface area contributed by atoms with Crippen molar-refractivity contribution in [2.24, 2.45) is 0 Å². The molecule has 0 unspecified atom stereocenters. The van der Waals surface area contributed by atoms with E-state index >= 15 is 0 Å². The number of rotatable bonds is 4. The van der Waals surface area contributed by atoms with Crippen LogP contribution in [0.2, 0.25) is 0 Å². The maximum absolute atomic E-state index is 12.7. The zero-order chi connectivity index (χ0) is 21.5. The van der Waals surface area contributed by atoms with Crippen LogP contribution in [0.5, 0.6) is 5.75 Å². The smallest absolute Gasteiger partial charge is 0.433 e. The van der Waals surface area contributed by atoms with E-state index in [1.807, 2.05) is 13.8 Å². The fourth-order valence-corrected chi connectivity index (χ4v) is 3.42. The highest BCUT2D eigenvalue weighted by molar-refractivity contribution is 6.01. The van der Waals surface area contributed by atoms with Crippen molar-refractivity contribution >= 4 is 5.78 Å². The van der Waals surface area contributed by atoms with E-state index in [0.717, 1.165) is 25.1 Å². The number of nitrogens with zero attached hydrogens (tertiary/aromatic N) is 3. The van der Waals surface area contributed by atoms with Crippen molar-refractivity contribution in [2.45, 2.75) is 44.9 Å². The van der Waals surface area contributed by atoms with E-state index in [1.54, 1.807) is 18.2 Å². The third-order valence-corrected chi connectivity index (χ3v) is 5.36. The van der Waals surface area contributed by atoms with Gasteiger partial charge in [-0.15, -0.1) is 0 Å². The van der Waals surface area contributed by atoms with E-state index in [0.29, 0.717) is 23.3 Å². The summed E-state index contributed by atoms with van der Waals surface area (Å²) in [6.45, 7) is 3.98. The molecule has 1 aromatic carbocycles. The van der Waals surface area contributed by atoms with Crippen molar-refractivity contribution in [1.82, 2.24) is 15.1 Å². The van der Waals surface area contributed by atoms with Crippen LogP contribution >= 0.6 is 0 Å². The van der Waals surface area contributed by atoms with Gasteiger partial charge in [0.05, 0.1) is 12.0 Å². The number of ether oxygens (including phenoxy) is 1. The first-order valence-electron chi connectivity index (χ1n) is 9.48. The minimum absolute atomic E-state index is 0.0199. The molecule has 0 amide bonds. The minimum atomic E-state index is -4.52. The molecule has 9 heteroatoms. The van der Waals surface area contributed by atoms with Gasteiger partial charge >= 0.3 is 6.18 Å². The van der Waals surface area contributed by atoms with E-state index in [2.05, 4.69) is 15.1 Å². The van der Waals surface area contributed by atoms with Crippen LogP contribution in [0, 0.1) is 0 Å². The number of carbonyl (C=O) groups is 1. The van der Waals surface area contributed by atoms with Crippen LogP contribution in [0.25, 0.3) is 22.8 Å². The van der Waals surface area contributed by atoms with Gasteiger partial charge in [0.1, 0.15) is 17.0 Å². The van der Waals surface area contributed by atoms with E-state index in [9.17, 15) is 18.0 Å². The first-order chi connectivity index (χ1) is 14.2. The second-order valence-corrected chi connectivity index (χ2v) is 7.16. The van der Waals surface area contributed by atoms with Gasteiger partial charge in [-0.3, -0.25) is 9.78 Å². The van der Waals surface area contributed by atoms with Crippen molar-refractivity contribution in [3.8, 4) is 28.6 Å². The number of carbonyl (C=O) groups excluding carboxylic acids is 1. The molecule has 4 rings (SSSR count). The SMILES string of the molecule is CCC1(CC)CC(=O)c2cc(-c3nc(-c4ccc(C(F)(F)F)nc4)no3)ccc2O1. The second kappa shape index (κ2) is 7.23. The molecular formula is C21H18F3N3O3. The Morgan fingerprint density at radius 2 is 1.83 bits per heavy atom. The Hall–Kier alpha value is -3.23. The standard InChI is InChI=1S/C21H18F3N3O3/c1-3-20(4-2)10-15(28)14-9-12(5-7-16(14)29-20)19-26-18(27-30-19)13-6-8-17(25-11-13)21(22,23)24/h5-9,11H,3-4,10H2,1-2H3. The summed E-state index contributed by atoms with van der Waals surface area (Å²) in [5.41, 5.74) is -0.242. The molecule has 30 heavy (non-hydrogen) atoms. The van der Waals surface area contributed by atoms with Gasteiger partial charge in [0.25, 0.3) is 5.89 Å². The van der Waals surface area contributed by atoms with Crippen molar-refractivity contribution in [2.75, 3.05) is 0 Å². The molecule has 1 aliphatic heterocycles. The summed E-state index contributed by atoms with van der Waals surface area (Å²) in [7, 11) is 0. The lowest BCUT2D eigenvalue weighted by molar-refractivity contribution is -0.141. The highest BCUT2D eigenvalue weighted by Crippen LogP contribution is 2.39. The van der Waals surface area contributed by atoms with Crippen LogP contribution in [0.15, 0.2) is 41.1 Å². The highest BCUT2D eigenvalue weighted by Gasteiger charge is 2.38. The maximum Gasteiger partial charge on any atom is 0.433 e. The molecule has 0 bridgehead atoms. The van der Waals surface area contributed by atoms with Gasteiger partial charge in [-0.25, -0.2) is 0 Å². The number of hydrogen-bond donors (Lipinski definition) is 0. The number of fused-ring (bicyclic) bond motifs is 1. The molecule has 0 saturated heterocycles. The molecule has 0 saturated carbocycles. The number of alkyl halides is 3. The lowest BCUT2D eigenvalue weighted by Crippen LogP contribution is -2.40. The summed E-state index contributed by atoms with van der Waals surface area (Å²) >= 11 is 0. The average Bonchev–Trinajstić information content (AvgIpc) is 3.23. The van der Waals surface area contributed by atoms with E-state index in [-0.39, 0.29) is 23.1 Å². The summed E-state index contributed by atoms with van der Waals surface area (Å²) in [5, 5.41) is 3.81. The molecule has 0 radical (unpaired) electrons. The maximum atomic E-state index is 12.7. The molecule has 0 atom stereocenters. The molecular weight excluding hydrogens is 399 g/mol. The number of benzene rings is 1. The minimum Gasteiger partial charge on any atom is -0.486 e. The summed E-state index contributed by atoms with van der Waals surface area (Å²) in [4.78, 5) is 20.3. The molecule has 2 aromatic heterocycles. The molecule has 3 aromatic rings. The van der Waals surface area contributed by atoms with Gasteiger partial charge in [-0.1, -0.05) is 19.0 Å². The number of Topliss-reactive ketones (excluding diaryl/α,β-unsaturated/α-hetero) is 1. The number of halogens is 3. The molecule has 0 N–H and O–H groups in total. The van der Waals surface area contributed by atoms with Gasteiger partial charge in [0, 0.05) is 17.3 Å². The summed E-state index contributed by atoms with van der Waals surface area (Å²) in [6.07, 6.45) is -1.74. The zero-order valence-corrected chi connectivity index (χ0v) is 16.3. The number of hydrogen-bond acceptors (Lipinski definition) is 6. The van der Waals surface area contributed by atoms with Crippen molar-refractivity contribution in [3.63, 3.8) is 0 Å². The van der Waals surface area contributed by atoms with Gasteiger partial charge in [0.15, 0.2) is 5.78 Å². The van der Waals surface area contributed by atoms with Gasteiger partial charge in [-0.2, -0.15) is 18.2 Å². The zero-order valence-electron chi connectivity index (χ0n) is 16.3. The monoisotopic (exact) mass is 417 g/mol. The van der Waals surface area contributed by atoms with Crippen LogP contribution in [0.4, 0.5) is 13.2 Å². The average molecular weight is 417 g/mol. The molecule has 156 valence electrons. The molecule has 1 aliphatic rings. The van der Waals surface area contributed by atoms with Crippen molar-refractivity contribution in [1.29, 1.82) is 0 Å². The third-order valence-electron chi connectivity index (χ3n) is 5.36. The quantitative estimate of drug-likeness (QED) is 0.570. The Morgan fingerprint density at radius 1 is 1.10 bits per heavy atom. The van der Waals surface area contributed by atoms with Gasteiger partial charge in [0.2, 0.25) is 5.82 Å². The first-order valence-corrected chi connectivity index (χ1v) is 9.48. The number of pyridine rings is 1. The fraction of sp³-hybridized carbons (Fsp3) is 0.333. The summed E-state index contributed by atoms with van der Waals surface area (Å²) in [6, 6.07) is 7.12. The van der Waals surface area contributed by atoms with Gasteiger partial charge in [-0.05, 0) is 43.2 Å². The van der Waals surface area contributed by atoms with Gasteiger partial charge < -0.3 is 9.26 Å². The van der Waals surface area contributed by atoms with Crippen molar-refractivity contribution < 1.29 is 27.2 Å². The molecule has 0 fully saturated rings.